The summed E-state index contributed by atoms with van der Waals surface area (Å²) in [6.07, 6.45) is 16.4. The third-order valence-corrected chi connectivity index (χ3v) is 13.0. The molecule has 0 atom stereocenters. The van der Waals surface area contributed by atoms with E-state index in [2.05, 4.69) is 271 Å². The van der Waals surface area contributed by atoms with Crippen LogP contribution in [0.15, 0.2) is 188 Å². The molecular formula is C70H94. The van der Waals surface area contributed by atoms with E-state index >= 15 is 0 Å². The molecule has 0 bridgehead atoms. The predicted molar refractivity (Wildman–Crippen MR) is 312 cm³/mol. The maximum absolute atomic E-state index is 2.34. The van der Waals surface area contributed by atoms with Gasteiger partial charge < -0.3 is 0 Å². The molecule has 7 aromatic carbocycles. The molecule has 374 valence electrons. The highest BCUT2D eigenvalue weighted by molar-refractivity contribution is 5.83. The smallest absolute Gasteiger partial charge is 0.0181 e. The number of rotatable bonds is 16. The number of fused-ring (bicyclic) bond motifs is 1. The molecule has 0 spiro atoms. The first-order valence-corrected chi connectivity index (χ1v) is 26.9. The largest absolute Gasteiger partial charge is 0.0622 e. The zero-order chi connectivity index (χ0) is 50.9. The summed E-state index contributed by atoms with van der Waals surface area (Å²) >= 11 is 0. The Balaban J connectivity index is 0.000000205. The van der Waals surface area contributed by atoms with Crippen LogP contribution in [0.4, 0.5) is 0 Å². The molecule has 0 aliphatic rings. The monoisotopic (exact) mass is 935 g/mol. The normalized spacial score (nSPS) is 11.7. The van der Waals surface area contributed by atoms with Crippen LogP contribution in [0.3, 0.4) is 0 Å². The summed E-state index contributed by atoms with van der Waals surface area (Å²) in [5.41, 5.74) is 11.7. The summed E-state index contributed by atoms with van der Waals surface area (Å²) in [7, 11) is 0. The van der Waals surface area contributed by atoms with Crippen LogP contribution in [-0.4, -0.2) is 0 Å². The quantitative estimate of drug-likeness (QED) is 0.0847. The van der Waals surface area contributed by atoms with Gasteiger partial charge >= 0.3 is 0 Å². The standard InChI is InChI=1S/C21H28.C18H22.C16H20.C15H24/c1-21(2,3)15-14-20(16-18-10-6-4-7-11-18)17-19-12-8-5-9-13-19;1-18(2,3)14-13-15-9-11-17(12-10-15)16-7-5-4-6-8-16;1-16(2,3)11-10-13-8-9-14-6-4-5-7-15(14)12-13;1-15(2,3)13-9-5-8-12-14-10-6-4-7-11-14/h4-13,20H,14-17H2,1-3H3;4-12H,13-14H2,1-3H3;4-9,12H,10-11H2,1-3H3;4,6-7,10-11H,5,8-9,12-13H2,1-3H3. The van der Waals surface area contributed by atoms with Crippen molar-refractivity contribution in [1.82, 2.24) is 0 Å². The van der Waals surface area contributed by atoms with Crippen molar-refractivity contribution in [3.63, 3.8) is 0 Å². The van der Waals surface area contributed by atoms with Crippen LogP contribution in [0.1, 0.15) is 162 Å². The van der Waals surface area contributed by atoms with E-state index in [0.29, 0.717) is 21.7 Å². The molecule has 0 radical (unpaired) electrons. The van der Waals surface area contributed by atoms with Crippen LogP contribution in [0.25, 0.3) is 21.9 Å². The third kappa shape index (κ3) is 26.1. The predicted octanol–water partition coefficient (Wildman–Crippen LogP) is 20.9. The average Bonchev–Trinajstić information content (AvgIpc) is 3.33. The van der Waals surface area contributed by atoms with Crippen molar-refractivity contribution in [3.8, 4) is 11.1 Å². The number of unbranched alkanes of at least 4 members (excludes halogenated alkanes) is 2. The average molecular weight is 936 g/mol. The molecule has 0 heteroatoms. The van der Waals surface area contributed by atoms with Crippen molar-refractivity contribution in [3.05, 3.63) is 216 Å². The van der Waals surface area contributed by atoms with Crippen LogP contribution in [0, 0.1) is 27.6 Å². The molecule has 70 heavy (non-hydrogen) atoms. The van der Waals surface area contributed by atoms with Gasteiger partial charge in [-0.25, -0.2) is 0 Å². The zero-order valence-corrected chi connectivity index (χ0v) is 46.2. The fourth-order valence-corrected chi connectivity index (χ4v) is 8.54. The molecule has 0 nitrogen and oxygen atoms in total. The second kappa shape index (κ2) is 29.2. The van der Waals surface area contributed by atoms with Crippen LogP contribution in [-0.2, 0) is 32.1 Å². The van der Waals surface area contributed by atoms with E-state index < -0.39 is 0 Å². The summed E-state index contributed by atoms with van der Waals surface area (Å²) in [4.78, 5) is 0. The van der Waals surface area contributed by atoms with E-state index in [1.165, 1.54) is 133 Å². The lowest BCUT2D eigenvalue weighted by Gasteiger charge is -2.23. The van der Waals surface area contributed by atoms with E-state index in [-0.39, 0.29) is 0 Å². The lowest BCUT2D eigenvalue weighted by molar-refractivity contribution is 0.319. The molecule has 0 unspecified atom stereocenters. The Morgan fingerprint density at radius 2 is 0.671 bits per heavy atom. The fourth-order valence-electron chi connectivity index (χ4n) is 8.54. The number of benzene rings is 7. The molecule has 7 rings (SSSR count). The fraction of sp³-hybridized carbons (Fsp3) is 0.429. The summed E-state index contributed by atoms with van der Waals surface area (Å²) in [5.74, 6) is 0.731. The highest BCUT2D eigenvalue weighted by atomic mass is 14.2. The van der Waals surface area contributed by atoms with Gasteiger partial charge in [0.1, 0.15) is 0 Å². The molecule has 0 fully saturated rings. The van der Waals surface area contributed by atoms with Crippen LogP contribution < -0.4 is 0 Å². The van der Waals surface area contributed by atoms with Gasteiger partial charge in [-0.3, -0.25) is 0 Å². The Kier molecular flexibility index (Phi) is 23.9. The topological polar surface area (TPSA) is 0 Å². The highest BCUT2D eigenvalue weighted by Gasteiger charge is 2.17. The maximum atomic E-state index is 2.34. The van der Waals surface area contributed by atoms with E-state index in [1.54, 1.807) is 0 Å². The molecule has 7 aromatic rings. The highest BCUT2D eigenvalue weighted by Crippen LogP contribution is 2.29. The molecular weight excluding hydrogens is 841 g/mol. The van der Waals surface area contributed by atoms with Crippen molar-refractivity contribution in [2.75, 3.05) is 0 Å². The molecule has 0 aliphatic heterocycles. The molecule has 0 heterocycles. The Morgan fingerprint density at radius 1 is 0.286 bits per heavy atom. The third-order valence-electron chi connectivity index (χ3n) is 13.0. The van der Waals surface area contributed by atoms with Crippen molar-refractivity contribution >= 4 is 10.8 Å². The number of aryl methyl sites for hydroxylation is 3. The Hall–Kier alpha value is -5.20. The first-order valence-electron chi connectivity index (χ1n) is 26.9. The number of hydrogen-bond donors (Lipinski definition) is 0. The molecule has 0 aromatic heterocycles. The van der Waals surface area contributed by atoms with Crippen molar-refractivity contribution < 1.29 is 0 Å². The summed E-state index contributed by atoms with van der Waals surface area (Å²) in [6, 6.07) is 67.5. The summed E-state index contributed by atoms with van der Waals surface area (Å²) < 4.78 is 0. The maximum Gasteiger partial charge on any atom is -0.0181 e. The van der Waals surface area contributed by atoms with E-state index in [9.17, 15) is 0 Å². The molecule has 0 saturated heterocycles. The Morgan fingerprint density at radius 3 is 1.16 bits per heavy atom. The van der Waals surface area contributed by atoms with Gasteiger partial charge in [-0.05, 0) is 148 Å². The van der Waals surface area contributed by atoms with Crippen molar-refractivity contribution in [2.45, 2.75) is 167 Å². The van der Waals surface area contributed by atoms with Crippen LogP contribution in [0.2, 0.25) is 0 Å². The van der Waals surface area contributed by atoms with Gasteiger partial charge in [-0.15, -0.1) is 0 Å². The first kappa shape index (κ1) is 57.4. The SMILES string of the molecule is CC(C)(C)CCC(Cc1ccccc1)Cc1ccccc1.CC(C)(C)CCCCCc1ccccc1.CC(C)(C)CCc1ccc(-c2ccccc2)cc1.CC(C)(C)CCc1ccc2ccccc2c1. The second-order valence-electron chi connectivity index (χ2n) is 24.8. The van der Waals surface area contributed by atoms with Gasteiger partial charge in [-0.2, -0.15) is 0 Å². The zero-order valence-electron chi connectivity index (χ0n) is 46.2. The van der Waals surface area contributed by atoms with Crippen LogP contribution >= 0.6 is 0 Å². The molecule has 0 aliphatic carbocycles. The van der Waals surface area contributed by atoms with E-state index in [1.807, 2.05) is 0 Å². The molecule has 0 saturated carbocycles. The van der Waals surface area contributed by atoms with E-state index in [0.717, 1.165) is 5.92 Å². The Labute approximate surface area is 429 Å². The van der Waals surface area contributed by atoms with Crippen molar-refractivity contribution in [2.24, 2.45) is 27.6 Å². The van der Waals surface area contributed by atoms with Crippen molar-refractivity contribution in [1.29, 1.82) is 0 Å². The van der Waals surface area contributed by atoms with Gasteiger partial charge in [-0.1, -0.05) is 284 Å². The minimum atomic E-state index is 0.415. The lowest BCUT2D eigenvalue weighted by Crippen LogP contribution is -2.13. The lowest BCUT2D eigenvalue weighted by atomic mass is 9.82. The summed E-state index contributed by atoms with van der Waals surface area (Å²) in [5, 5.41) is 2.69. The Bertz CT molecular complexity index is 2350. The molecule has 0 N–H and O–H groups in total. The van der Waals surface area contributed by atoms with Gasteiger partial charge in [0.05, 0.1) is 0 Å². The van der Waals surface area contributed by atoms with Gasteiger partial charge in [0.25, 0.3) is 0 Å². The van der Waals surface area contributed by atoms with Gasteiger partial charge in [0.15, 0.2) is 0 Å². The first-order chi connectivity index (χ1) is 33.2. The second-order valence-corrected chi connectivity index (χ2v) is 24.8. The van der Waals surface area contributed by atoms with E-state index in [4.69, 9.17) is 0 Å². The summed E-state index contributed by atoms with van der Waals surface area (Å²) in [6.45, 7) is 27.8. The van der Waals surface area contributed by atoms with Crippen LogP contribution in [0.5, 0.6) is 0 Å². The minimum Gasteiger partial charge on any atom is -0.0622 e. The number of hydrogen-bond acceptors (Lipinski definition) is 0. The molecule has 0 amide bonds. The van der Waals surface area contributed by atoms with Gasteiger partial charge in [0.2, 0.25) is 0 Å². The van der Waals surface area contributed by atoms with Gasteiger partial charge in [0, 0.05) is 0 Å². The minimum absolute atomic E-state index is 0.415.